The number of carbonyl (C=O) groups is 1. The summed E-state index contributed by atoms with van der Waals surface area (Å²) < 4.78 is 20.1. The highest BCUT2D eigenvalue weighted by molar-refractivity contribution is 7.19. The molecule has 4 aromatic rings. The Hall–Kier alpha value is -3.23. The molecule has 170 valence electrons. The second-order valence-corrected chi connectivity index (χ2v) is 9.07. The summed E-state index contributed by atoms with van der Waals surface area (Å²) in [7, 11) is 1.49. The van der Waals surface area contributed by atoms with Crippen molar-refractivity contribution in [3.05, 3.63) is 74.9 Å². The standard InChI is InChI=1S/C24H21ClFN3O3S/c1-4-18(22(30)28-17-11-15(25)7-10-19(17)32-3)29-12-27-23-21(24(29)31)20(13(2)33-23)14-5-8-16(26)9-6-14/h5-12,18H,4H2,1-3H3,(H,28,30). The van der Waals surface area contributed by atoms with Crippen LogP contribution in [0.5, 0.6) is 5.75 Å². The van der Waals surface area contributed by atoms with Gasteiger partial charge in [0.25, 0.3) is 5.56 Å². The van der Waals surface area contributed by atoms with Gasteiger partial charge in [0.2, 0.25) is 5.91 Å². The zero-order chi connectivity index (χ0) is 23.7. The smallest absolute Gasteiger partial charge is 0.263 e. The zero-order valence-electron chi connectivity index (χ0n) is 18.2. The van der Waals surface area contributed by atoms with Gasteiger partial charge < -0.3 is 10.1 Å². The fraction of sp³-hybridized carbons (Fsp3) is 0.208. The lowest BCUT2D eigenvalue weighted by atomic mass is 10.0. The lowest BCUT2D eigenvalue weighted by Gasteiger charge is -2.19. The molecule has 9 heteroatoms. The first-order valence-electron chi connectivity index (χ1n) is 10.2. The van der Waals surface area contributed by atoms with E-state index >= 15 is 0 Å². The maximum Gasteiger partial charge on any atom is 0.263 e. The summed E-state index contributed by atoms with van der Waals surface area (Å²) in [6, 6.07) is 10.1. The molecular weight excluding hydrogens is 465 g/mol. The summed E-state index contributed by atoms with van der Waals surface area (Å²) in [4.78, 5) is 32.7. The summed E-state index contributed by atoms with van der Waals surface area (Å²) in [6.45, 7) is 3.71. The van der Waals surface area contributed by atoms with Crippen molar-refractivity contribution in [2.75, 3.05) is 12.4 Å². The van der Waals surface area contributed by atoms with Gasteiger partial charge in [0.05, 0.1) is 24.5 Å². The van der Waals surface area contributed by atoms with Gasteiger partial charge in [-0.15, -0.1) is 11.3 Å². The highest BCUT2D eigenvalue weighted by Gasteiger charge is 2.24. The highest BCUT2D eigenvalue weighted by atomic mass is 35.5. The highest BCUT2D eigenvalue weighted by Crippen LogP contribution is 2.36. The van der Waals surface area contributed by atoms with Crippen molar-refractivity contribution in [1.29, 1.82) is 0 Å². The Balaban J connectivity index is 1.78. The number of aromatic nitrogens is 2. The summed E-state index contributed by atoms with van der Waals surface area (Å²) >= 11 is 7.46. The molecule has 0 saturated carbocycles. The molecule has 1 amide bonds. The number of hydrogen-bond donors (Lipinski definition) is 1. The number of ether oxygens (including phenoxy) is 1. The number of halogens is 2. The monoisotopic (exact) mass is 485 g/mol. The van der Waals surface area contributed by atoms with Crippen molar-refractivity contribution in [2.24, 2.45) is 0 Å². The van der Waals surface area contributed by atoms with E-state index < -0.39 is 11.9 Å². The average Bonchev–Trinajstić information content (AvgIpc) is 3.13. The van der Waals surface area contributed by atoms with Crippen LogP contribution in [0.4, 0.5) is 10.1 Å². The lowest BCUT2D eigenvalue weighted by molar-refractivity contribution is -0.119. The third kappa shape index (κ3) is 4.36. The number of nitrogens with zero attached hydrogens (tertiary/aromatic N) is 2. The largest absolute Gasteiger partial charge is 0.495 e. The number of rotatable bonds is 6. The number of benzene rings is 2. The Kier molecular flexibility index (Phi) is 6.49. The Morgan fingerprint density at radius 3 is 2.67 bits per heavy atom. The molecule has 0 fully saturated rings. The van der Waals surface area contributed by atoms with Crippen LogP contribution in [0.2, 0.25) is 5.02 Å². The van der Waals surface area contributed by atoms with Crippen LogP contribution in [0.3, 0.4) is 0 Å². The van der Waals surface area contributed by atoms with E-state index in [1.807, 2.05) is 13.8 Å². The van der Waals surface area contributed by atoms with Gasteiger partial charge in [0, 0.05) is 15.5 Å². The maximum absolute atomic E-state index is 13.6. The third-order valence-corrected chi connectivity index (χ3v) is 6.64. The zero-order valence-corrected chi connectivity index (χ0v) is 19.8. The van der Waals surface area contributed by atoms with E-state index in [0.717, 1.165) is 10.4 Å². The summed E-state index contributed by atoms with van der Waals surface area (Å²) in [6.07, 6.45) is 1.76. The molecule has 0 spiro atoms. The fourth-order valence-corrected chi connectivity index (χ4v) is 4.98. The summed E-state index contributed by atoms with van der Waals surface area (Å²) in [5.74, 6) is -0.294. The van der Waals surface area contributed by atoms with Crippen molar-refractivity contribution in [3.8, 4) is 16.9 Å². The van der Waals surface area contributed by atoms with E-state index in [1.165, 1.54) is 41.5 Å². The number of amides is 1. The molecule has 2 aromatic carbocycles. The van der Waals surface area contributed by atoms with Crippen LogP contribution in [0.15, 0.2) is 53.6 Å². The number of nitrogens with one attached hydrogen (secondary N) is 1. The second-order valence-electron chi connectivity index (χ2n) is 7.44. The van der Waals surface area contributed by atoms with Gasteiger partial charge in [0.15, 0.2) is 0 Å². The van der Waals surface area contributed by atoms with E-state index in [2.05, 4.69) is 10.3 Å². The summed E-state index contributed by atoms with van der Waals surface area (Å²) in [5, 5.41) is 3.67. The van der Waals surface area contributed by atoms with E-state index in [-0.39, 0.29) is 11.4 Å². The molecule has 6 nitrogen and oxygen atoms in total. The van der Waals surface area contributed by atoms with Gasteiger partial charge in [-0.05, 0) is 49.2 Å². The normalized spacial score (nSPS) is 12.0. The van der Waals surface area contributed by atoms with Crippen LogP contribution in [0, 0.1) is 12.7 Å². The number of anilines is 1. The van der Waals surface area contributed by atoms with E-state index in [9.17, 15) is 14.0 Å². The first kappa shape index (κ1) is 22.9. The number of aryl methyl sites for hydroxylation is 1. The van der Waals surface area contributed by atoms with Gasteiger partial charge in [-0.3, -0.25) is 14.2 Å². The first-order valence-corrected chi connectivity index (χ1v) is 11.4. The number of methoxy groups -OCH3 is 1. The lowest BCUT2D eigenvalue weighted by Crippen LogP contribution is -2.33. The van der Waals surface area contributed by atoms with Crippen molar-refractivity contribution in [3.63, 3.8) is 0 Å². The predicted octanol–water partition coefficient (Wildman–Crippen LogP) is 5.82. The maximum atomic E-state index is 13.6. The molecule has 0 radical (unpaired) electrons. The van der Waals surface area contributed by atoms with Gasteiger partial charge in [-0.25, -0.2) is 9.37 Å². The molecule has 33 heavy (non-hydrogen) atoms. The molecule has 1 atom stereocenters. The molecular formula is C24H21ClFN3O3S. The minimum absolute atomic E-state index is 0.330. The summed E-state index contributed by atoms with van der Waals surface area (Å²) in [5.41, 5.74) is 1.50. The van der Waals surface area contributed by atoms with Crippen LogP contribution in [0.25, 0.3) is 21.3 Å². The Labute approximate surface area is 198 Å². The fourth-order valence-electron chi connectivity index (χ4n) is 3.80. The third-order valence-electron chi connectivity index (χ3n) is 5.39. The molecule has 2 heterocycles. The van der Waals surface area contributed by atoms with E-state index in [4.69, 9.17) is 16.3 Å². The van der Waals surface area contributed by atoms with Crippen molar-refractivity contribution in [2.45, 2.75) is 26.3 Å². The quantitative estimate of drug-likeness (QED) is 0.373. The molecule has 0 aliphatic heterocycles. The number of hydrogen-bond acceptors (Lipinski definition) is 5. The van der Waals surface area contributed by atoms with Crippen LogP contribution < -0.4 is 15.6 Å². The van der Waals surface area contributed by atoms with Crippen LogP contribution in [-0.4, -0.2) is 22.6 Å². The predicted molar refractivity (Wildman–Crippen MR) is 130 cm³/mol. The van der Waals surface area contributed by atoms with Crippen molar-refractivity contribution >= 4 is 44.7 Å². The first-order chi connectivity index (χ1) is 15.8. The topological polar surface area (TPSA) is 73.2 Å². The SMILES string of the molecule is CCC(C(=O)Nc1cc(Cl)ccc1OC)n1cnc2sc(C)c(-c3ccc(F)cc3)c2c1=O. The minimum Gasteiger partial charge on any atom is -0.495 e. The molecule has 0 saturated heterocycles. The van der Waals surface area contributed by atoms with Crippen LogP contribution >= 0.6 is 22.9 Å². The van der Waals surface area contributed by atoms with Gasteiger partial charge >= 0.3 is 0 Å². The second kappa shape index (κ2) is 9.33. The number of carbonyl (C=O) groups excluding carboxylic acids is 1. The molecule has 1 unspecified atom stereocenters. The Bertz CT molecular complexity index is 1400. The molecule has 0 aliphatic rings. The average molecular weight is 486 g/mol. The van der Waals surface area contributed by atoms with Crippen LogP contribution in [0.1, 0.15) is 24.3 Å². The molecule has 2 aromatic heterocycles. The molecule has 4 rings (SSSR count). The van der Waals surface area contributed by atoms with E-state index in [0.29, 0.717) is 38.7 Å². The van der Waals surface area contributed by atoms with Gasteiger partial charge in [0.1, 0.15) is 22.4 Å². The van der Waals surface area contributed by atoms with Crippen molar-refractivity contribution < 1.29 is 13.9 Å². The molecule has 0 aliphatic carbocycles. The van der Waals surface area contributed by atoms with Gasteiger partial charge in [-0.1, -0.05) is 30.7 Å². The van der Waals surface area contributed by atoms with Gasteiger partial charge in [-0.2, -0.15) is 0 Å². The molecule has 1 N–H and O–H groups in total. The molecule has 0 bridgehead atoms. The number of fused-ring (bicyclic) bond motifs is 1. The van der Waals surface area contributed by atoms with Crippen LogP contribution in [-0.2, 0) is 4.79 Å². The van der Waals surface area contributed by atoms with E-state index in [1.54, 1.807) is 30.3 Å². The minimum atomic E-state index is -0.806. The Morgan fingerprint density at radius 1 is 1.27 bits per heavy atom. The Morgan fingerprint density at radius 2 is 2.00 bits per heavy atom. The van der Waals surface area contributed by atoms with Crippen molar-refractivity contribution in [1.82, 2.24) is 9.55 Å². The number of thiophene rings is 1.